The molecule has 5 nitrogen and oxygen atoms in total. The van der Waals surface area contributed by atoms with Crippen molar-refractivity contribution in [3.05, 3.63) is 17.8 Å². The SMILES string of the molecule is COC(CNc1ccc(C)nn1)OC. The fourth-order valence-corrected chi connectivity index (χ4v) is 0.944. The molecular weight excluding hydrogens is 182 g/mol. The zero-order valence-corrected chi connectivity index (χ0v) is 8.65. The highest BCUT2D eigenvalue weighted by Crippen LogP contribution is 2.01. The summed E-state index contributed by atoms with van der Waals surface area (Å²) in [6, 6.07) is 3.76. The van der Waals surface area contributed by atoms with Gasteiger partial charge in [0.2, 0.25) is 0 Å². The van der Waals surface area contributed by atoms with Gasteiger partial charge in [-0.05, 0) is 19.1 Å². The molecule has 1 N–H and O–H groups in total. The summed E-state index contributed by atoms with van der Waals surface area (Å²) in [4.78, 5) is 0. The van der Waals surface area contributed by atoms with Crippen LogP contribution in [0.5, 0.6) is 0 Å². The third-order valence-electron chi connectivity index (χ3n) is 1.77. The Labute approximate surface area is 83.4 Å². The second-order valence-corrected chi connectivity index (χ2v) is 2.84. The van der Waals surface area contributed by atoms with Crippen LogP contribution in [-0.4, -0.2) is 37.3 Å². The van der Waals surface area contributed by atoms with Crippen molar-refractivity contribution < 1.29 is 9.47 Å². The van der Waals surface area contributed by atoms with E-state index in [4.69, 9.17) is 9.47 Å². The number of ether oxygens (including phenoxy) is 2. The molecule has 5 heteroatoms. The lowest BCUT2D eigenvalue weighted by atomic mass is 10.4. The lowest BCUT2D eigenvalue weighted by molar-refractivity contribution is -0.0914. The van der Waals surface area contributed by atoms with Gasteiger partial charge in [-0.2, -0.15) is 5.10 Å². The van der Waals surface area contributed by atoms with E-state index < -0.39 is 0 Å². The second kappa shape index (κ2) is 5.51. The second-order valence-electron chi connectivity index (χ2n) is 2.84. The highest BCUT2D eigenvalue weighted by molar-refractivity contribution is 5.32. The molecule has 1 aromatic rings. The van der Waals surface area contributed by atoms with Crippen LogP contribution < -0.4 is 5.32 Å². The maximum absolute atomic E-state index is 5.01. The van der Waals surface area contributed by atoms with Crippen molar-refractivity contribution in [1.82, 2.24) is 10.2 Å². The normalized spacial score (nSPS) is 10.6. The minimum atomic E-state index is -0.266. The van der Waals surface area contributed by atoms with E-state index in [0.29, 0.717) is 6.54 Å². The number of anilines is 1. The van der Waals surface area contributed by atoms with Gasteiger partial charge in [0.25, 0.3) is 0 Å². The molecule has 0 aromatic carbocycles. The number of aryl methyl sites for hydroxylation is 1. The molecule has 0 spiro atoms. The van der Waals surface area contributed by atoms with Crippen molar-refractivity contribution in [2.45, 2.75) is 13.2 Å². The number of nitrogens with zero attached hydrogens (tertiary/aromatic N) is 2. The maximum Gasteiger partial charge on any atom is 0.173 e. The number of hydrogen-bond acceptors (Lipinski definition) is 5. The lowest BCUT2D eigenvalue weighted by Crippen LogP contribution is -2.24. The van der Waals surface area contributed by atoms with Gasteiger partial charge >= 0.3 is 0 Å². The van der Waals surface area contributed by atoms with Gasteiger partial charge in [0.05, 0.1) is 12.2 Å². The molecule has 1 heterocycles. The summed E-state index contributed by atoms with van der Waals surface area (Å²) in [7, 11) is 3.19. The summed E-state index contributed by atoms with van der Waals surface area (Å²) in [5.74, 6) is 0.717. The summed E-state index contributed by atoms with van der Waals surface area (Å²) < 4.78 is 10.0. The summed E-state index contributed by atoms with van der Waals surface area (Å²) in [5, 5.41) is 10.9. The molecule has 0 radical (unpaired) electrons. The molecule has 14 heavy (non-hydrogen) atoms. The Morgan fingerprint density at radius 2 is 2.00 bits per heavy atom. The van der Waals surface area contributed by atoms with Crippen LogP contribution in [0.25, 0.3) is 0 Å². The van der Waals surface area contributed by atoms with Crippen LogP contribution in [0.4, 0.5) is 5.82 Å². The number of aromatic nitrogens is 2. The van der Waals surface area contributed by atoms with Gasteiger partial charge in [0, 0.05) is 14.2 Å². The average molecular weight is 197 g/mol. The minimum absolute atomic E-state index is 0.266. The van der Waals surface area contributed by atoms with Gasteiger partial charge in [-0.25, -0.2) is 0 Å². The van der Waals surface area contributed by atoms with Crippen LogP contribution in [0.2, 0.25) is 0 Å². The molecule has 0 fully saturated rings. The first-order chi connectivity index (χ1) is 6.76. The summed E-state index contributed by atoms with van der Waals surface area (Å²) in [6.07, 6.45) is -0.266. The Kier molecular flexibility index (Phi) is 4.28. The van der Waals surface area contributed by atoms with Crippen molar-refractivity contribution in [3.63, 3.8) is 0 Å². The number of rotatable bonds is 5. The van der Waals surface area contributed by atoms with Gasteiger partial charge in [-0.1, -0.05) is 0 Å². The monoisotopic (exact) mass is 197 g/mol. The summed E-state index contributed by atoms with van der Waals surface area (Å²) in [5.41, 5.74) is 0.894. The van der Waals surface area contributed by atoms with Crippen LogP contribution in [0.1, 0.15) is 5.69 Å². The number of methoxy groups -OCH3 is 2. The Morgan fingerprint density at radius 1 is 1.29 bits per heavy atom. The molecule has 0 saturated carbocycles. The van der Waals surface area contributed by atoms with E-state index in [9.17, 15) is 0 Å². The van der Waals surface area contributed by atoms with E-state index in [-0.39, 0.29) is 6.29 Å². The van der Waals surface area contributed by atoms with Crippen molar-refractivity contribution in [3.8, 4) is 0 Å². The van der Waals surface area contributed by atoms with Crippen LogP contribution >= 0.6 is 0 Å². The van der Waals surface area contributed by atoms with Gasteiger partial charge in [0.15, 0.2) is 6.29 Å². The molecule has 1 aromatic heterocycles. The lowest BCUT2D eigenvalue weighted by Gasteiger charge is -2.13. The molecule has 0 aliphatic rings. The Hall–Kier alpha value is -1.20. The van der Waals surface area contributed by atoms with Crippen molar-refractivity contribution >= 4 is 5.82 Å². The van der Waals surface area contributed by atoms with Crippen LogP contribution in [0, 0.1) is 6.92 Å². The van der Waals surface area contributed by atoms with Gasteiger partial charge in [-0.3, -0.25) is 0 Å². The molecule has 0 unspecified atom stereocenters. The van der Waals surface area contributed by atoms with Crippen molar-refractivity contribution in [2.75, 3.05) is 26.1 Å². The first-order valence-corrected chi connectivity index (χ1v) is 4.36. The average Bonchev–Trinajstić information content (AvgIpc) is 2.22. The van der Waals surface area contributed by atoms with E-state index in [0.717, 1.165) is 11.5 Å². The highest BCUT2D eigenvalue weighted by atomic mass is 16.7. The third-order valence-corrected chi connectivity index (χ3v) is 1.77. The van der Waals surface area contributed by atoms with Crippen molar-refractivity contribution in [1.29, 1.82) is 0 Å². The van der Waals surface area contributed by atoms with E-state index in [1.807, 2.05) is 19.1 Å². The first kappa shape index (κ1) is 10.9. The Morgan fingerprint density at radius 3 is 2.50 bits per heavy atom. The molecule has 1 rings (SSSR count). The smallest absolute Gasteiger partial charge is 0.173 e. The fourth-order valence-electron chi connectivity index (χ4n) is 0.944. The molecule has 0 saturated heterocycles. The topological polar surface area (TPSA) is 56.3 Å². The van der Waals surface area contributed by atoms with Crippen LogP contribution in [0.3, 0.4) is 0 Å². The van der Waals surface area contributed by atoms with Crippen LogP contribution in [-0.2, 0) is 9.47 Å². The molecule has 0 aliphatic carbocycles. The zero-order valence-electron chi connectivity index (χ0n) is 8.65. The zero-order chi connectivity index (χ0) is 10.4. The molecular formula is C9H15N3O2. The molecule has 0 bridgehead atoms. The van der Waals surface area contributed by atoms with E-state index in [1.54, 1.807) is 14.2 Å². The predicted octanol–water partition coefficient (Wildman–Crippen LogP) is 0.816. The van der Waals surface area contributed by atoms with Gasteiger partial charge in [-0.15, -0.1) is 5.10 Å². The number of nitrogens with one attached hydrogen (secondary N) is 1. The largest absolute Gasteiger partial charge is 0.363 e. The predicted molar refractivity (Wildman–Crippen MR) is 53.1 cm³/mol. The van der Waals surface area contributed by atoms with E-state index >= 15 is 0 Å². The Balaban J connectivity index is 2.41. The maximum atomic E-state index is 5.01. The number of hydrogen-bond donors (Lipinski definition) is 1. The minimum Gasteiger partial charge on any atom is -0.363 e. The molecule has 78 valence electrons. The molecule has 0 aliphatic heterocycles. The van der Waals surface area contributed by atoms with Gasteiger partial charge < -0.3 is 14.8 Å². The molecule has 0 atom stereocenters. The Bertz CT molecular complexity index is 259. The standard InChI is InChI=1S/C9H15N3O2/c1-7-4-5-8(12-11-7)10-6-9(13-2)14-3/h4-5,9H,6H2,1-3H3,(H,10,12). The van der Waals surface area contributed by atoms with E-state index in [2.05, 4.69) is 15.5 Å². The quantitative estimate of drug-likeness (QED) is 0.708. The van der Waals surface area contributed by atoms with Crippen LogP contribution in [0.15, 0.2) is 12.1 Å². The van der Waals surface area contributed by atoms with Gasteiger partial charge in [0.1, 0.15) is 5.82 Å². The highest BCUT2D eigenvalue weighted by Gasteiger charge is 2.04. The molecule has 0 amide bonds. The third kappa shape index (κ3) is 3.27. The fraction of sp³-hybridized carbons (Fsp3) is 0.556. The summed E-state index contributed by atoms with van der Waals surface area (Å²) in [6.45, 7) is 2.44. The van der Waals surface area contributed by atoms with Crippen molar-refractivity contribution in [2.24, 2.45) is 0 Å². The van der Waals surface area contributed by atoms with E-state index in [1.165, 1.54) is 0 Å². The summed E-state index contributed by atoms with van der Waals surface area (Å²) >= 11 is 0. The first-order valence-electron chi connectivity index (χ1n) is 4.36.